The fourth-order valence-corrected chi connectivity index (χ4v) is 5.19. The molecule has 1 aliphatic heterocycles. The van der Waals surface area contributed by atoms with Gasteiger partial charge in [-0.3, -0.25) is 4.79 Å². The summed E-state index contributed by atoms with van der Waals surface area (Å²) in [5.41, 5.74) is 2.18. The summed E-state index contributed by atoms with van der Waals surface area (Å²) in [5, 5.41) is 10.5. The summed E-state index contributed by atoms with van der Waals surface area (Å²) >= 11 is 0. The summed E-state index contributed by atoms with van der Waals surface area (Å²) in [6.45, 7) is 15.6. The third-order valence-corrected chi connectivity index (χ3v) is 6.46. The highest BCUT2D eigenvalue weighted by molar-refractivity contribution is 6.69. The summed E-state index contributed by atoms with van der Waals surface area (Å²) < 4.78 is 18.2. The average Bonchev–Trinajstić information content (AvgIpc) is 2.83. The topological polar surface area (TPSA) is 65.0 Å². The second kappa shape index (κ2) is 11.0. The van der Waals surface area contributed by atoms with E-state index >= 15 is 0 Å². The van der Waals surface area contributed by atoms with E-state index in [-0.39, 0.29) is 30.6 Å². The number of aliphatic hydroxyl groups excluding tert-OH is 1. The molecule has 0 aliphatic carbocycles. The summed E-state index contributed by atoms with van der Waals surface area (Å²) in [6, 6.07) is 7.99. The monoisotopic (exact) mass is 448 g/mol. The van der Waals surface area contributed by atoms with Crippen molar-refractivity contribution in [3.63, 3.8) is 0 Å². The molecule has 1 heterocycles. The fraction of sp³-hybridized carbons (Fsp3) is 0.640. The van der Waals surface area contributed by atoms with Crippen LogP contribution >= 0.6 is 0 Å². The van der Waals surface area contributed by atoms with E-state index in [1.807, 2.05) is 37.3 Å². The summed E-state index contributed by atoms with van der Waals surface area (Å²) in [7, 11) is -1.68. The molecule has 0 unspecified atom stereocenters. The van der Waals surface area contributed by atoms with Crippen molar-refractivity contribution in [1.82, 2.24) is 0 Å². The molecule has 0 amide bonds. The lowest BCUT2D eigenvalue weighted by atomic mass is 9.94. The van der Waals surface area contributed by atoms with Crippen molar-refractivity contribution >= 4 is 14.1 Å². The van der Waals surface area contributed by atoms with Crippen molar-refractivity contribution in [2.24, 2.45) is 11.8 Å². The average molecular weight is 449 g/mol. The largest absolute Gasteiger partial charge is 0.414 e. The van der Waals surface area contributed by atoms with Crippen molar-refractivity contribution in [3.8, 4) is 0 Å². The lowest BCUT2D eigenvalue weighted by molar-refractivity contribution is -0.245. The standard InChI is InChI=1S/C25H40O5Si/c1-18(2)24(30-31(5,6)7)19(3)12-13-22(26)14-23(27)15-25(4)28-16-20-10-8-9-11-21(20)17-29-25/h8-13,18-19,23-24,27H,14-17H2,1-7H3/b13-12+/t19-,23-,24-/m0/s1. The number of fused-ring (bicyclic) bond motifs is 1. The van der Waals surface area contributed by atoms with Crippen LogP contribution in [0.5, 0.6) is 0 Å². The number of carbonyl (C=O) groups excluding carboxylic acids is 1. The summed E-state index contributed by atoms with van der Waals surface area (Å²) in [5.74, 6) is -0.544. The first-order chi connectivity index (χ1) is 14.4. The Bertz CT molecular complexity index is 726. The van der Waals surface area contributed by atoms with Crippen LogP contribution in [0.4, 0.5) is 0 Å². The molecular weight excluding hydrogens is 408 g/mol. The molecule has 0 radical (unpaired) electrons. The van der Waals surface area contributed by atoms with Gasteiger partial charge in [0.05, 0.1) is 25.4 Å². The molecule has 3 atom stereocenters. The minimum atomic E-state index is -1.68. The number of ether oxygens (including phenoxy) is 2. The second-order valence-corrected chi connectivity index (χ2v) is 14.6. The summed E-state index contributed by atoms with van der Waals surface area (Å²) in [4.78, 5) is 12.5. The highest BCUT2D eigenvalue weighted by Gasteiger charge is 2.33. The number of allylic oxidation sites excluding steroid dienone is 1. The Morgan fingerprint density at radius 1 is 1.16 bits per heavy atom. The Hall–Kier alpha value is -1.31. The van der Waals surface area contributed by atoms with Crippen LogP contribution in [-0.2, 0) is 31.9 Å². The molecule has 1 aromatic carbocycles. The van der Waals surface area contributed by atoms with Crippen LogP contribution in [0.25, 0.3) is 0 Å². The number of rotatable bonds is 10. The zero-order chi connectivity index (χ0) is 23.2. The first-order valence-electron chi connectivity index (χ1n) is 11.3. The molecule has 6 heteroatoms. The number of benzene rings is 1. The van der Waals surface area contributed by atoms with Gasteiger partial charge in [0, 0.05) is 12.8 Å². The van der Waals surface area contributed by atoms with Crippen molar-refractivity contribution in [3.05, 3.63) is 47.5 Å². The molecule has 31 heavy (non-hydrogen) atoms. The van der Waals surface area contributed by atoms with Gasteiger partial charge < -0.3 is 19.0 Å². The molecule has 5 nitrogen and oxygen atoms in total. The Balaban J connectivity index is 1.88. The number of carbonyl (C=O) groups is 1. The fourth-order valence-electron chi connectivity index (χ4n) is 3.89. The van der Waals surface area contributed by atoms with Gasteiger partial charge in [-0.2, -0.15) is 0 Å². The molecule has 2 rings (SSSR count). The quantitative estimate of drug-likeness (QED) is 0.392. The molecule has 0 saturated heterocycles. The van der Waals surface area contributed by atoms with Gasteiger partial charge in [0.2, 0.25) is 0 Å². The molecule has 1 aromatic rings. The second-order valence-electron chi connectivity index (χ2n) is 10.2. The first kappa shape index (κ1) is 25.9. The molecule has 0 bridgehead atoms. The van der Waals surface area contributed by atoms with Crippen LogP contribution < -0.4 is 0 Å². The van der Waals surface area contributed by atoms with E-state index in [4.69, 9.17) is 13.9 Å². The van der Waals surface area contributed by atoms with Gasteiger partial charge in [-0.15, -0.1) is 0 Å². The van der Waals surface area contributed by atoms with Crippen molar-refractivity contribution in [2.75, 3.05) is 0 Å². The lowest BCUT2D eigenvalue weighted by Gasteiger charge is -2.32. The maximum absolute atomic E-state index is 12.5. The van der Waals surface area contributed by atoms with Gasteiger partial charge in [0.15, 0.2) is 19.9 Å². The van der Waals surface area contributed by atoms with Crippen LogP contribution in [0.2, 0.25) is 19.6 Å². The predicted molar refractivity (Wildman–Crippen MR) is 126 cm³/mol. The maximum atomic E-state index is 12.5. The molecule has 0 aromatic heterocycles. The Labute approximate surface area is 188 Å². The van der Waals surface area contributed by atoms with E-state index in [0.29, 0.717) is 19.1 Å². The SMILES string of the molecule is CC(C)[C@H](O[Si](C)(C)C)[C@@H](C)/C=C/C(=O)C[C@H](O)CC1(C)OCc2ccccc2CO1. The van der Waals surface area contributed by atoms with E-state index in [1.54, 1.807) is 6.08 Å². The number of ketones is 1. The molecule has 1 N–H and O–H groups in total. The molecular formula is C25H40O5Si. The molecule has 1 aliphatic rings. The first-order valence-corrected chi connectivity index (χ1v) is 14.7. The van der Waals surface area contributed by atoms with Gasteiger partial charge in [-0.1, -0.05) is 51.1 Å². The minimum absolute atomic E-state index is 0.0414. The van der Waals surface area contributed by atoms with Crippen molar-refractivity contribution < 1.29 is 23.8 Å². The van der Waals surface area contributed by atoms with Crippen molar-refractivity contribution in [1.29, 1.82) is 0 Å². The smallest absolute Gasteiger partial charge is 0.184 e. The molecule has 0 saturated carbocycles. The van der Waals surface area contributed by atoms with E-state index in [1.165, 1.54) is 0 Å². The third-order valence-electron chi connectivity index (χ3n) is 5.48. The third kappa shape index (κ3) is 8.62. The normalized spacial score (nSPS) is 19.6. The highest BCUT2D eigenvalue weighted by Crippen LogP contribution is 2.29. The number of aliphatic hydroxyl groups is 1. The van der Waals surface area contributed by atoms with Gasteiger partial charge in [0.1, 0.15) is 0 Å². The molecule has 174 valence electrons. The van der Waals surface area contributed by atoms with E-state index < -0.39 is 20.2 Å². The van der Waals surface area contributed by atoms with Gasteiger partial charge >= 0.3 is 0 Å². The number of hydrogen-bond donors (Lipinski definition) is 1. The summed E-state index contributed by atoms with van der Waals surface area (Å²) in [6.07, 6.45) is 3.02. The van der Waals surface area contributed by atoms with E-state index in [9.17, 15) is 9.90 Å². The Kier molecular flexibility index (Phi) is 9.22. The van der Waals surface area contributed by atoms with Gasteiger partial charge in [-0.25, -0.2) is 0 Å². The maximum Gasteiger partial charge on any atom is 0.184 e. The number of hydrogen-bond acceptors (Lipinski definition) is 5. The Morgan fingerprint density at radius 2 is 1.71 bits per heavy atom. The zero-order valence-corrected chi connectivity index (χ0v) is 21.2. The lowest BCUT2D eigenvalue weighted by Crippen LogP contribution is -2.38. The van der Waals surface area contributed by atoms with E-state index in [2.05, 4.69) is 40.4 Å². The predicted octanol–water partition coefficient (Wildman–Crippen LogP) is 5.23. The van der Waals surface area contributed by atoms with Crippen LogP contribution in [0.1, 0.15) is 51.7 Å². The van der Waals surface area contributed by atoms with Gasteiger partial charge in [0.25, 0.3) is 0 Å². The molecule has 0 spiro atoms. The minimum Gasteiger partial charge on any atom is -0.414 e. The van der Waals surface area contributed by atoms with Crippen LogP contribution in [0, 0.1) is 11.8 Å². The van der Waals surface area contributed by atoms with Crippen LogP contribution in [-0.4, -0.2) is 37.2 Å². The molecule has 0 fully saturated rings. The van der Waals surface area contributed by atoms with E-state index in [0.717, 1.165) is 11.1 Å². The van der Waals surface area contributed by atoms with Crippen LogP contribution in [0.3, 0.4) is 0 Å². The zero-order valence-electron chi connectivity index (χ0n) is 20.2. The highest BCUT2D eigenvalue weighted by atomic mass is 28.4. The van der Waals surface area contributed by atoms with Crippen molar-refractivity contribution in [2.45, 2.75) is 91.4 Å². The Morgan fingerprint density at radius 3 is 2.19 bits per heavy atom. The van der Waals surface area contributed by atoms with Crippen LogP contribution in [0.15, 0.2) is 36.4 Å². The van der Waals surface area contributed by atoms with Gasteiger partial charge in [-0.05, 0) is 55.6 Å².